The molecule has 4 heterocycles. The van der Waals surface area contributed by atoms with Crippen molar-refractivity contribution in [2.24, 2.45) is 0 Å². The first-order chi connectivity index (χ1) is 15.9. The summed E-state index contributed by atoms with van der Waals surface area (Å²) in [4.78, 5) is 38.8. The quantitative estimate of drug-likeness (QED) is 0.419. The maximum Gasteiger partial charge on any atom is 0.230 e. The first-order valence-electron chi connectivity index (χ1n) is 11.1. The van der Waals surface area contributed by atoms with Crippen LogP contribution in [-0.2, 0) is 11.2 Å². The third-order valence-electron chi connectivity index (χ3n) is 5.83. The number of hydrogen-bond donors (Lipinski definition) is 1. The van der Waals surface area contributed by atoms with Crippen molar-refractivity contribution in [3.63, 3.8) is 0 Å². The van der Waals surface area contributed by atoms with E-state index in [0.717, 1.165) is 29.5 Å². The molecule has 1 saturated carbocycles. The van der Waals surface area contributed by atoms with Gasteiger partial charge in [0.15, 0.2) is 11.7 Å². The molecule has 0 saturated heterocycles. The summed E-state index contributed by atoms with van der Waals surface area (Å²) in [5, 5.41) is 3.63. The third kappa shape index (κ3) is 4.16. The fourth-order valence-electron chi connectivity index (χ4n) is 4.13. The second kappa shape index (κ2) is 8.27. The van der Waals surface area contributed by atoms with Gasteiger partial charge in [0.25, 0.3) is 0 Å². The van der Waals surface area contributed by atoms with Gasteiger partial charge in [-0.25, -0.2) is 4.98 Å². The molecule has 168 valence electrons. The van der Waals surface area contributed by atoms with E-state index in [0.29, 0.717) is 34.3 Å². The van der Waals surface area contributed by atoms with Crippen LogP contribution in [0.4, 0.5) is 5.69 Å². The number of anilines is 1. The smallest absolute Gasteiger partial charge is 0.230 e. The Morgan fingerprint density at radius 2 is 2.03 bits per heavy atom. The number of hydrogen-bond acceptors (Lipinski definition) is 6. The highest BCUT2D eigenvalue weighted by Gasteiger charge is 2.31. The van der Waals surface area contributed by atoms with Crippen molar-refractivity contribution in [3.8, 4) is 0 Å². The van der Waals surface area contributed by atoms with Gasteiger partial charge in [-0.2, -0.15) is 0 Å². The molecule has 4 aromatic heterocycles. The Hall–Kier alpha value is -3.81. The van der Waals surface area contributed by atoms with Crippen LogP contribution in [0, 0.1) is 6.92 Å². The second-order valence-electron chi connectivity index (χ2n) is 8.77. The lowest BCUT2D eigenvalue weighted by Crippen LogP contribution is -2.16. The number of carbonyl (C=O) groups is 2. The van der Waals surface area contributed by atoms with Gasteiger partial charge in [0.1, 0.15) is 5.76 Å². The molecule has 1 fully saturated rings. The van der Waals surface area contributed by atoms with E-state index >= 15 is 0 Å². The average molecular weight is 444 g/mol. The summed E-state index contributed by atoms with van der Waals surface area (Å²) in [7, 11) is 0. The van der Waals surface area contributed by atoms with Crippen LogP contribution < -0.4 is 5.32 Å². The second-order valence-corrected chi connectivity index (χ2v) is 8.77. The fraction of sp³-hybridized carbons (Fsp3) is 0.320. The highest BCUT2D eigenvalue weighted by atomic mass is 16.4. The molecule has 1 aliphatic rings. The van der Waals surface area contributed by atoms with Crippen LogP contribution >= 0.6 is 0 Å². The maximum atomic E-state index is 13.3. The number of nitrogens with one attached hydrogen (secondary N) is 1. The van der Waals surface area contributed by atoms with Gasteiger partial charge in [0, 0.05) is 60.2 Å². The molecule has 0 aliphatic heterocycles. The molecule has 1 amide bonds. The topological polar surface area (TPSA) is 103 Å². The highest BCUT2D eigenvalue weighted by Crippen LogP contribution is 2.42. The number of fused-ring (bicyclic) bond motifs is 1. The predicted molar refractivity (Wildman–Crippen MR) is 123 cm³/mol. The number of nitrogens with zero attached hydrogens (tertiary/aromatic N) is 4. The predicted octanol–water partition coefficient (Wildman–Crippen LogP) is 4.60. The Labute approximate surface area is 191 Å². The zero-order valence-corrected chi connectivity index (χ0v) is 18.8. The van der Waals surface area contributed by atoms with Gasteiger partial charge < -0.3 is 14.3 Å². The Morgan fingerprint density at radius 1 is 1.21 bits per heavy atom. The van der Waals surface area contributed by atoms with Crippen LogP contribution in [0.15, 0.2) is 47.5 Å². The molecule has 4 aromatic rings. The normalized spacial score (nSPS) is 13.6. The minimum absolute atomic E-state index is 0.120. The first-order valence-corrected chi connectivity index (χ1v) is 11.1. The van der Waals surface area contributed by atoms with Crippen molar-refractivity contribution in [2.75, 3.05) is 5.32 Å². The molecule has 0 spiro atoms. The molecule has 0 radical (unpaired) electrons. The molecule has 5 rings (SSSR count). The summed E-state index contributed by atoms with van der Waals surface area (Å²) in [6, 6.07) is 3.75. The molecule has 1 aliphatic carbocycles. The van der Waals surface area contributed by atoms with Gasteiger partial charge in [-0.05, 0) is 38.8 Å². The molecule has 8 nitrogen and oxygen atoms in total. The summed E-state index contributed by atoms with van der Waals surface area (Å²) in [6.45, 7) is 5.92. The Bertz CT molecular complexity index is 1360. The van der Waals surface area contributed by atoms with Crippen molar-refractivity contribution < 1.29 is 14.0 Å². The summed E-state index contributed by atoms with van der Waals surface area (Å²) in [5.41, 5.74) is 3.06. The Morgan fingerprint density at radius 3 is 2.79 bits per heavy atom. The van der Waals surface area contributed by atoms with Crippen LogP contribution in [0.5, 0.6) is 0 Å². The van der Waals surface area contributed by atoms with E-state index < -0.39 is 0 Å². The molecule has 0 unspecified atom stereocenters. The summed E-state index contributed by atoms with van der Waals surface area (Å²) in [6.07, 6.45) is 10.6. The van der Waals surface area contributed by atoms with E-state index in [1.165, 1.54) is 12.4 Å². The minimum Gasteiger partial charge on any atom is -0.445 e. The maximum absolute atomic E-state index is 13.3. The molecule has 33 heavy (non-hydrogen) atoms. The van der Waals surface area contributed by atoms with Crippen molar-refractivity contribution in [2.45, 2.75) is 52.0 Å². The summed E-state index contributed by atoms with van der Waals surface area (Å²) in [5.74, 6) is 1.37. The van der Waals surface area contributed by atoms with E-state index in [1.54, 1.807) is 25.4 Å². The van der Waals surface area contributed by atoms with Gasteiger partial charge in [0.05, 0.1) is 29.5 Å². The monoisotopic (exact) mass is 443 g/mol. The van der Waals surface area contributed by atoms with Gasteiger partial charge in [-0.1, -0.05) is 0 Å². The van der Waals surface area contributed by atoms with Crippen LogP contribution in [-0.4, -0.2) is 31.2 Å². The lowest BCUT2D eigenvalue weighted by atomic mass is 10.0. The third-order valence-corrected chi connectivity index (χ3v) is 5.83. The average Bonchev–Trinajstić information content (AvgIpc) is 3.46. The lowest BCUT2D eigenvalue weighted by molar-refractivity contribution is -0.115. The van der Waals surface area contributed by atoms with E-state index in [4.69, 9.17) is 4.42 Å². The molecule has 0 bridgehead atoms. The van der Waals surface area contributed by atoms with Gasteiger partial charge in [0.2, 0.25) is 5.91 Å². The zero-order valence-electron chi connectivity index (χ0n) is 18.8. The lowest BCUT2D eigenvalue weighted by Gasteiger charge is -2.08. The van der Waals surface area contributed by atoms with Crippen molar-refractivity contribution in [1.29, 1.82) is 0 Å². The molecule has 1 N–H and O–H groups in total. The molecule has 0 atom stereocenters. The van der Waals surface area contributed by atoms with Crippen molar-refractivity contribution in [1.82, 2.24) is 19.5 Å². The van der Waals surface area contributed by atoms with E-state index in [2.05, 4.69) is 38.7 Å². The van der Waals surface area contributed by atoms with E-state index in [9.17, 15) is 9.59 Å². The van der Waals surface area contributed by atoms with E-state index in [-0.39, 0.29) is 24.2 Å². The van der Waals surface area contributed by atoms with Gasteiger partial charge >= 0.3 is 0 Å². The first kappa shape index (κ1) is 21.1. The number of carbonyl (C=O) groups excluding carboxylic acids is 2. The molecule has 8 heteroatoms. The van der Waals surface area contributed by atoms with Crippen molar-refractivity contribution in [3.05, 3.63) is 71.6 Å². The van der Waals surface area contributed by atoms with Crippen LogP contribution in [0.25, 0.3) is 10.9 Å². The number of aromatic nitrogens is 4. The molecular weight excluding hydrogens is 418 g/mol. The summed E-state index contributed by atoms with van der Waals surface area (Å²) < 4.78 is 7.74. The number of ketones is 1. The van der Waals surface area contributed by atoms with Crippen LogP contribution in [0.1, 0.15) is 71.9 Å². The standard InChI is InChI=1S/C25H25N5O3/c1-14(2)30-13-20(19-12-26-7-6-22(19)30)24(32)17-8-18(11-27-10-17)29-23(31)9-21-25(16-4-5-16)33-15(3)28-21/h6-8,10-14,16H,4-5,9H2,1-3H3,(H,29,31). The minimum atomic E-state index is -0.225. The van der Waals surface area contributed by atoms with Gasteiger partial charge in [-0.3, -0.25) is 19.6 Å². The van der Waals surface area contributed by atoms with E-state index in [1.807, 2.05) is 12.3 Å². The molecular formula is C25H25N5O3. The number of aryl methyl sites for hydroxylation is 1. The van der Waals surface area contributed by atoms with Crippen molar-refractivity contribution >= 4 is 28.3 Å². The number of pyridine rings is 2. The SMILES string of the molecule is Cc1nc(CC(=O)Nc2cncc(C(=O)c3cn(C(C)C)c4ccncc34)c2)c(C2CC2)o1. The number of rotatable bonds is 7. The Kier molecular flexibility index (Phi) is 5.28. The zero-order chi connectivity index (χ0) is 23.1. The molecule has 0 aromatic carbocycles. The summed E-state index contributed by atoms with van der Waals surface area (Å²) >= 11 is 0. The largest absolute Gasteiger partial charge is 0.445 e. The highest BCUT2D eigenvalue weighted by molar-refractivity contribution is 6.16. The number of amides is 1. The van der Waals surface area contributed by atoms with Crippen LogP contribution in [0.3, 0.4) is 0 Å². The van der Waals surface area contributed by atoms with Gasteiger partial charge in [-0.15, -0.1) is 0 Å². The Balaban J connectivity index is 1.37. The number of oxazole rings is 1. The van der Waals surface area contributed by atoms with Crippen LogP contribution in [0.2, 0.25) is 0 Å². The fourth-order valence-corrected chi connectivity index (χ4v) is 4.13.